The number of pyridine rings is 1. The molecule has 0 unspecified atom stereocenters. The van der Waals surface area contributed by atoms with Gasteiger partial charge in [0, 0.05) is 37.0 Å². The second-order valence-corrected chi connectivity index (χ2v) is 12.2. The zero-order chi connectivity index (χ0) is 28.1. The number of thiophene rings is 1. The molecule has 3 aromatic heterocycles. The maximum absolute atomic E-state index is 14.0. The molecular weight excluding hydrogens is 543 g/mol. The van der Waals surface area contributed by atoms with Crippen LogP contribution in [0.4, 0.5) is 10.1 Å². The molecule has 0 aliphatic carbocycles. The maximum Gasteiger partial charge on any atom is 0.259 e. The molecule has 9 nitrogen and oxygen atoms in total. The third-order valence-corrected chi connectivity index (χ3v) is 8.63. The number of anilines is 1. The van der Waals surface area contributed by atoms with Gasteiger partial charge in [0.25, 0.3) is 5.56 Å². The minimum atomic E-state index is -3.56. The number of rotatable bonds is 7. The molecule has 39 heavy (non-hydrogen) atoms. The van der Waals surface area contributed by atoms with E-state index in [-0.39, 0.29) is 17.1 Å². The van der Waals surface area contributed by atoms with Gasteiger partial charge in [-0.05, 0) is 68.3 Å². The number of sulfonamides is 1. The van der Waals surface area contributed by atoms with Crippen LogP contribution in [0.2, 0.25) is 0 Å². The van der Waals surface area contributed by atoms with Crippen LogP contribution in [-0.4, -0.2) is 28.9 Å². The fourth-order valence-electron chi connectivity index (χ4n) is 4.27. The molecule has 0 atom stereocenters. The van der Waals surface area contributed by atoms with E-state index >= 15 is 0 Å². The van der Waals surface area contributed by atoms with Gasteiger partial charge in [0.15, 0.2) is 0 Å². The molecule has 0 bridgehead atoms. The Labute approximate surface area is 227 Å². The Hall–Kier alpha value is -4.03. The van der Waals surface area contributed by atoms with E-state index in [0.717, 1.165) is 0 Å². The molecule has 5 rings (SSSR count). The minimum Gasteiger partial charge on any atom is -0.456 e. The van der Waals surface area contributed by atoms with Crippen molar-refractivity contribution < 1.29 is 22.1 Å². The van der Waals surface area contributed by atoms with Gasteiger partial charge in [0.1, 0.15) is 17.3 Å². The average molecular weight is 569 g/mol. The molecule has 12 heteroatoms. The molecule has 5 aromatic rings. The SMILES string of the molecule is CCS(=O)(=O)Nc1ccc(Oc2c(C)cc(F)cc2C)c(-c2cn(C)c(=O)c3cc(-c4noc(C)n4)sc23)c1. The predicted octanol–water partition coefficient (Wildman–Crippen LogP) is 5.94. The van der Waals surface area contributed by atoms with Gasteiger partial charge in [-0.1, -0.05) is 5.16 Å². The highest BCUT2D eigenvalue weighted by atomic mass is 32.2. The molecule has 0 saturated heterocycles. The third kappa shape index (κ3) is 5.17. The van der Waals surface area contributed by atoms with Gasteiger partial charge >= 0.3 is 0 Å². The zero-order valence-electron chi connectivity index (χ0n) is 21.8. The monoisotopic (exact) mass is 568 g/mol. The summed E-state index contributed by atoms with van der Waals surface area (Å²) in [5, 5.41) is 4.42. The third-order valence-electron chi connectivity index (χ3n) is 6.16. The van der Waals surface area contributed by atoms with E-state index < -0.39 is 10.0 Å². The van der Waals surface area contributed by atoms with Crippen LogP contribution in [0.1, 0.15) is 23.9 Å². The Morgan fingerprint density at radius 3 is 2.46 bits per heavy atom. The van der Waals surface area contributed by atoms with Crippen molar-refractivity contribution in [1.29, 1.82) is 0 Å². The van der Waals surface area contributed by atoms with E-state index in [2.05, 4.69) is 14.9 Å². The highest BCUT2D eigenvalue weighted by Gasteiger charge is 2.21. The molecule has 0 aliphatic heterocycles. The Kier molecular flexibility index (Phi) is 6.77. The summed E-state index contributed by atoms with van der Waals surface area (Å²) in [6, 6.07) is 9.39. The molecule has 0 aliphatic rings. The number of hydrogen-bond donors (Lipinski definition) is 1. The highest BCUT2D eigenvalue weighted by molar-refractivity contribution is 7.92. The summed E-state index contributed by atoms with van der Waals surface area (Å²) in [5.41, 5.74) is 2.49. The van der Waals surface area contributed by atoms with Crippen LogP contribution >= 0.6 is 11.3 Å². The van der Waals surface area contributed by atoms with E-state index in [9.17, 15) is 17.6 Å². The Morgan fingerprint density at radius 1 is 1.10 bits per heavy atom. The molecule has 3 heterocycles. The lowest BCUT2D eigenvalue weighted by Gasteiger charge is -2.18. The van der Waals surface area contributed by atoms with Gasteiger partial charge in [0.2, 0.25) is 21.7 Å². The van der Waals surface area contributed by atoms with Crippen molar-refractivity contribution in [2.24, 2.45) is 7.05 Å². The standard InChI is InChI=1S/C27H25FN4O5S2/c1-6-39(34,35)31-18-7-8-22(36-24-14(2)9-17(28)10-15(24)3)19(11-18)21-13-32(5)27(33)20-12-23(38-25(20)21)26-29-16(4)37-30-26/h7-13,31H,6H2,1-5H3. The van der Waals surface area contributed by atoms with Gasteiger partial charge in [-0.25, -0.2) is 12.8 Å². The summed E-state index contributed by atoms with van der Waals surface area (Å²) in [5.74, 6) is 1.17. The molecular formula is C27H25FN4O5S2. The fourth-order valence-corrected chi connectivity index (χ4v) is 6.00. The van der Waals surface area contributed by atoms with Crippen molar-refractivity contribution in [3.63, 3.8) is 0 Å². The Balaban J connectivity index is 1.76. The van der Waals surface area contributed by atoms with Crippen LogP contribution in [-0.2, 0) is 17.1 Å². The molecule has 0 spiro atoms. The first kappa shape index (κ1) is 26.6. The number of nitrogens with one attached hydrogen (secondary N) is 1. The summed E-state index contributed by atoms with van der Waals surface area (Å²) < 4.78 is 54.8. The first-order valence-corrected chi connectivity index (χ1v) is 14.5. The van der Waals surface area contributed by atoms with Gasteiger partial charge in [-0.15, -0.1) is 11.3 Å². The number of nitrogens with zero attached hydrogens (tertiary/aromatic N) is 3. The number of aromatic nitrogens is 3. The largest absolute Gasteiger partial charge is 0.456 e. The number of halogens is 1. The van der Waals surface area contributed by atoms with E-state index in [1.165, 1.54) is 28.0 Å². The second-order valence-electron chi connectivity index (χ2n) is 9.14. The van der Waals surface area contributed by atoms with E-state index in [1.807, 2.05) is 0 Å². The topological polar surface area (TPSA) is 116 Å². The van der Waals surface area contributed by atoms with E-state index in [1.54, 1.807) is 65.2 Å². The second kappa shape index (κ2) is 9.93. The number of ether oxygens (including phenoxy) is 1. The summed E-state index contributed by atoms with van der Waals surface area (Å²) >= 11 is 1.31. The van der Waals surface area contributed by atoms with Crippen LogP contribution in [0.5, 0.6) is 11.5 Å². The fraction of sp³-hybridized carbons (Fsp3) is 0.222. The van der Waals surface area contributed by atoms with Crippen molar-refractivity contribution in [3.05, 3.63) is 75.8 Å². The average Bonchev–Trinajstić information content (AvgIpc) is 3.51. The molecule has 0 amide bonds. The summed E-state index contributed by atoms with van der Waals surface area (Å²) in [6.07, 6.45) is 1.68. The van der Waals surface area contributed by atoms with Crippen LogP contribution in [0.25, 0.3) is 31.9 Å². The first-order chi connectivity index (χ1) is 18.5. The lowest BCUT2D eigenvalue weighted by Crippen LogP contribution is -2.16. The minimum absolute atomic E-state index is 0.100. The van der Waals surface area contributed by atoms with Gasteiger partial charge in [-0.3, -0.25) is 9.52 Å². The van der Waals surface area contributed by atoms with Crippen LogP contribution in [0.15, 0.2) is 51.9 Å². The number of aryl methyl sites for hydroxylation is 4. The van der Waals surface area contributed by atoms with Gasteiger partial charge in [0.05, 0.1) is 20.7 Å². The zero-order valence-corrected chi connectivity index (χ0v) is 23.5. The molecule has 1 N–H and O–H groups in total. The molecule has 0 fully saturated rings. The number of hydrogen-bond acceptors (Lipinski definition) is 8. The Bertz CT molecular complexity index is 1880. The first-order valence-electron chi connectivity index (χ1n) is 12.0. The highest BCUT2D eigenvalue weighted by Crippen LogP contribution is 2.43. The number of fused-ring (bicyclic) bond motifs is 1. The Morgan fingerprint density at radius 2 is 1.82 bits per heavy atom. The normalized spacial score (nSPS) is 11.7. The molecule has 202 valence electrons. The summed E-state index contributed by atoms with van der Waals surface area (Å²) in [4.78, 5) is 18.0. The van der Waals surface area contributed by atoms with E-state index in [4.69, 9.17) is 9.26 Å². The van der Waals surface area contributed by atoms with E-state index in [0.29, 0.717) is 66.1 Å². The quantitative estimate of drug-likeness (QED) is 0.258. The van der Waals surface area contributed by atoms with Crippen molar-refractivity contribution in [2.75, 3.05) is 10.5 Å². The summed E-state index contributed by atoms with van der Waals surface area (Å²) in [6.45, 7) is 6.72. The molecule has 2 aromatic carbocycles. The van der Waals surface area contributed by atoms with Crippen molar-refractivity contribution >= 4 is 37.1 Å². The van der Waals surface area contributed by atoms with Crippen LogP contribution in [0.3, 0.4) is 0 Å². The maximum atomic E-state index is 14.0. The van der Waals surface area contributed by atoms with Gasteiger partial charge < -0.3 is 13.8 Å². The predicted molar refractivity (Wildman–Crippen MR) is 150 cm³/mol. The lowest BCUT2D eigenvalue weighted by molar-refractivity contribution is 0.394. The van der Waals surface area contributed by atoms with Crippen molar-refractivity contribution in [3.8, 4) is 33.3 Å². The lowest BCUT2D eigenvalue weighted by atomic mass is 10.0. The molecule has 0 saturated carbocycles. The van der Waals surface area contributed by atoms with Gasteiger partial charge in [-0.2, -0.15) is 4.98 Å². The number of benzene rings is 2. The van der Waals surface area contributed by atoms with Crippen LogP contribution in [0, 0.1) is 26.6 Å². The summed E-state index contributed by atoms with van der Waals surface area (Å²) in [7, 11) is -1.92. The molecule has 0 radical (unpaired) electrons. The van der Waals surface area contributed by atoms with Crippen LogP contribution < -0.4 is 15.0 Å². The van der Waals surface area contributed by atoms with Crippen molar-refractivity contribution in [2.45, 2.75) is 27.7 Å². The smallest absolute Gasteiger partial charge is 0.259 e. The van der Waals surface area contributed by atoms with Crippen molar-refractivity contribution in [1.82, 2.24) is 14.7 Å².